The molecule has 0 spiro atoms. The number of hydrogen-bond acceptors (Lipinski definition) is 5. The van der Waals surface area contributed by atoms with Crippen molar-refractivity contribution < 1.29 is 14.4 Å². The van der Waals surface area contributed by atoms with Crippen LogP contribution >= 0.6 is 0 Å². The first kappa shape index (κ1) is 29.2. The van der Waals surface area contributed by atoms with E-state index in [4.69, 9.17) is 0 Å². The van der Waals surface area contributed by atoms with Crippen LogP contribution in [-0.4, -0.2) is 61.5 Å². The summed E-state index contributed by atoms with van der Waals surface area (Å²) >= 11 is 0. The molecule has 0 atom stereocenters. The normalized spacial score (nSPS) is 14.4. The molecule has 1 N–H and O–H groups in total. The Morgan fingerprint density at radius 1 is 1.00 bits per heavy atom. The highest BCUT2D eigenvalue weighted by molar-refractivity contribution is 5.97. The lowest BCUT2D eigenvalue weighted by Crippen LogP contribution is -2.48. The average molecular weight is 522 g/mol. The van der Waals surface area contributed by atoms with Crippen LogP contribution in [0.3, 0.4) is 0 Å². The number of amides is 3. The number of fused-ring (bicyclic) bond motifs is 2. The van der Waals surface area contributed by atoms with Crippen molar-refractivity contribution in [2.45, 2.75) is 66.5 Å². The molecule has 2 aromatic rings. The number of carbonyl (C=O) groups is 3. The van der Waals surface area contributed by atoms with E-state index in [9.17, 15) is 14.4 Å². The summed E-state index contributed by atoms with van der Waals surface area (Å²) < 4.78 is 0. The molecule has 3 amide bonds. The van der Waals surface area contributed by atoms with Gasteiger partial charge in [0.15, 0.2) is 0 Å². The molecular formula is C30H43N5O3. The SMILES string of the molecule is C.CCCCCNC(=O)CN(CC(=O)N(C)N1Cc2ccccc2C1)c1cc2c(cc1C)N(C)C(=O)CC2. The molecule has 2 aromatic carbocycles. The van der Waals surface area contributed by atoms with E-state index in [1.165, 1.54) is 11.1 Å². The first-order valence-corrected chi connectivity index (χ1v) is 13.3. The van der Waals surface area contributed by atoms with Gasteiger partial charge in [0.25, 0.3) is 5.91 Å². The molecule has 206 valence electrons. The van der Waals surface area contributed by atoms with Crippen molar-refractivity contribution in [2.75, 3.05) is 43.5 Å². The Bertz CT molecular complexity index is 1140. The van der Waals surface area contributed by atoms with Gasteiger partial charge in [0.1, 0.15) is 0 Å². The number of likely N-dealkylation sites (N-methyl/N-ethyl adjacent to an activating group) is 1. The minimum atomic E-state index is -0.0930. The fourth-order valence-electron chi connectivity index (χ4n) is 5.13. The van der Waals surface area contributed by atoms with Crippen molar-refractivity contribution in [1.82, 2.24) is 15.3 Å². The number of unbranched alkanes of at least 4 members (excludes halogenated alkanes) is 2. The maximum absolute atomic E-state index is 13.5. The summed E-state index contributed by atoms with van der Waals surface area (Å²) in [7, 11) is 3.60. The Morgan fingerprint density at radius 3 is 2.34 bits per heavy atom. The summed E-state index contributed by atoms with van der Waals surface area (Å²) in [4.78, 5) is 42.2. The quantitative estimate of drug-likeness (QED) is 0.478. The van der Waals surface area contributed by atoms with Crippen molar-refractivity contribution in [3.63, 3.8) is 0 Å². The van der Waals surface area contributed by atoms with Gasteiger partial charge in [-0.3, -0.25) is 19.4 Å². The van der Waals surface area contributed by atoms with E-state index in [1.54, 1.807) is 24.0 Å². The van der Waals surface area contributed by atoms with Crippen LogP contribution in [0.4, 0.5) is 11.4 Å². The van der Waals surface area contributed by atoms with Gasteiger partial charge in [-0.2, -0.15) is 0 Å². The number of rotatable bonds is 10. The molecule has 2 aliphatic rings. The Morgan fingerprint density at radius 2 is 1.68 bits per heavy atom. The smallest absolute Gasteiger partial charge is 0.256 e. The van der Waals surface area contributed by atoms with Crippen LogP contribution in [0.2, 0.25) is 0 Å². The molecule has 8 nitrogen and oxygen atoms in total. The Hall–Kier alpha value is -3.39. The van der Waals surface area contributed by atoms with Crippen LogP contribution in [0.1, 0.15) is 62.3 Å². The van der Waals surface area contributed by atoms with Gasteiger partial charge in [-0.25, -0.2) is 5.01 Å². The van der Waals surface area contributed by atoms with Crippen LogP contribution in [-0.2, 0) is 33.9 Å². The molecule has 0 aromatic heterocycles. The first-order valence-electron chi connectivity index (χ1n) is 13.3. The molecule has 0 radical (unpaired) electrons. The lowest BCUT2D eigenvalue weighted by molar-refractivity contribution is -0.145. The van der Waals surface area contributed by atoms with Gasteiger partial charge < -0.3 is 15.1 Å². The number of nitrogens with one attached hydrogen (secondary N) is 1. The van der Waals surface area contributed by atoms with Crippen molar-refractivity contribution in [3.8, 4) is 0 Å². The Labute approximate surface area is 227 Å². The summed E-state index contributed by atoms with van der Waals surface area (Å²) in [5.41, 5.74) is 6.22. The number of nitrogens with zero attached hydrogens (tertiary/aromatic N) is 4. The maximum Gasteiger partial charge on any atom is 0.256 e. The van der Waals surface area contributed by atoms with Gasteiger partial charge in [0, 0.05) is 51.5 Å². The summed E-state index contributed by atoms with van der Waals surface area (Å²) in [5.74, 6) is -0.0630. The second kappa shape index (κ2) is 12.9. The molecule has 2 aliphatic heterocycles. The first-order chi connectivity index (χ1) is 17.8. The number of hydrogen-bond donors (Lipinski definition) is 1. The fraction of sp³-hybridized carbons (Fsp3) is 0.500. The van der Waals surface area contributed by atoms with E-state index in [0.29, 0.717) is 32.5 Å². The number of hydrazine groups is 1. The van der Waals surface area contributed by atoms with E-state index in [1.807, 2.05) is 35.0 Å². The van der Waals surface area contributed by atoms with Crippen molar-refractivity contribution in [3.05, 3.63) is 58.7 Å². The van der Waals surface area contributed by atoms with Gasteiger partial charge in [0.05, 0.1) is 13.1 Å². The van der Waals surface area contributed by atoms with E-state index in [0.717, 1.165) is 41.8 Å². The van der Waals surface area contributed by atoms with Crippen LogP contribution in [0.15, 0.2) is 36.4 Å². The summed E-state index contributed by atoms with van der Waals surface area (Å²) in [5, 5.41) is 6.74. The topological polar surface area (TPSA) is 76.2 Å². The third-order valence-corrected chi connectivity index (χ3v) is 7.45. The predicted octanol–water partition coefficient (Wildman–Crippen LogP) is 4.04. The summed E-state index contributed by atoms with van der Waals surface area (Å²) in [6.45, 7) is 6.30. The minimum absolute atomic E-state index is 0. The summed E-state index contributed by atoms with van der Waals surface area (Å²) in [6, 6.07) is 12.3. The lowest BCUT2D eigenvalue weighted by Gasteiger charge is -2.33. The highest BCUT2D eigenvalue weighted by Gasteiger charge is 2.28. The number of aryl methyl sites for hydroxylation is 2. The third kappa shape index (κ3) is 6.54. The zero-order valence-corrected chi connectivity index (χ0v) is 22.5. The van der Waals surface area contributed by atoms with Crippen LogP contribution < -0.4 is 15.1 Å². The van der Waals surface area contributed by atoms with Gasteiger partial charge in [-0.15, -0.1) is 0 Å². The second-order valence-electron chi connectivity index (χ2n) is 10.1. The molecule has 0 saturated carbocycles. The number of benzene rings is 2. The maximum atomic E-state index is 13.5. The monoisotopic (exact) mass is 521 g/mol. The molecular weight excluding hydrogens is 478 g/mol. The van der Waals surface area contributed by atoms with Crippen molar-refractivity contribution in [1.29, 1.82) is 0 Å². The Balaban J connectivity index is 0.00000400. The van der Waals surface area contributed by atoms with Crippen molar-refractivity contribution >= 4 is 29.1 Å². The molecule has 4 rings (SSSR count). The molecule has 0 aliphatic carbocycles. The van der Waals surface area contributed by atoms with E-state index < -0.39 is 0 Å². The minimum Gasteiger partial charge on any atom is -0.355 e. The second-order valence-corrected chi connectivity index (χ2v) is 10.1. The molecule has 0 saturated heterocycles. The lowest BCUT2D eigenvalue weighted by atomic mass is 9.98. The van der Waals surface area contributed by atoms with Gasteiger partial charge >= 0.3 is 0 Å². The highest BCUT2D eigenvalue weighted by Crippen LogP contribution is 2.34. The zero-order valence-electron chi connectivity index (χ0n) is 22.5. The standard InChI is InChI=1S/C29H39N5O3.CH4/c1-5-6-9-14-30-27(35)19-33(25-16-22-12-13-28(36)31(3)26(22)15-21(25)2)20-29(37)32(4)34-17-23-10-7-8-11-24(23)18-34;/h7-8,10-11,15-16H,5-6,9,12-14,17-20H2,1-4H3,(H,30,35);1H4. The Kier molecular flexibility index (Phi) is 9.91. The fourth-order valence-corrected chi connectivity index (χ4v) is 5.13. The molecule has 0 bridgehead atoms. The predicted molar refractivity (Wildman–Crippen MR) is 153 cm³/mol. The van der Waals surface area contributed by atoms with E-state index >= 15 is 0 Å². The highest BCUT2D eigenvalue weighted by atomic mass is 16.2. The average Bonchev–Trinajstić information content (AvgIpc) is 3.32. The largest absolute Gasteiger partial charge is 0.355 e. The molecule has 2 heterocycles. The van der Waals surface area contributed by atoms with Crippen LogP contribution in [0.25, 0.3) is 0 Å². The zero-order chi connectivity index (χ0) is 26.5. The van der Waals surface area contributed by atoms with Crippen LogP contribution in [0.5, 0.6) is 0 Å². The third-order valence-electron chi connectivity index (χ3n) is 7.45. The molecule has 0 unspecified atom stereocenters. The number of carbonyl (C=O) groups excluding carboxylic acids is 3. The molecule has 0 fully saturated rings. The van der Waals surface area contributed by atoms with Gasteiger partial charge in [0.2, 0.25) is 11.8 Å². The van der Waals surface area contributed by atoms with Gasteiger partial charge in [-0.1, -0.05) is 51.5 Å². The summed E-state index contributed by atoms with van der Waals surface area (Å²) in [6.07, 6.45) is 4.22. The number of anilines is 2. The molecule has 38 heavy (non-hydrogen) atoms. The van der Waals surface area contributed by atoms with E-state index in [2.05, 4.69) is 30.4 Å². The van der Waals surface area contributed by atoms with Crippen LogP contribution in [0, 0.1) is 6.92 Å². The molecule has 8 heteroatoms. The van der Waals surface area contributed by atoms with Crippen molar-refractivity contribution in [2.24, 2.45) is 0 Å². The van der Waals surface area contributed by atoms with Gasteiger partial charge in [-0.05, 0) is 54.2 Å². The van der Waals surface area contributed by atoms with E-state index in [-0.39, 0.29) is 38.2 Å².